The highest BCUT2D eigenvalue weighted by Gasteiger charge is 2.32. The van der Waals surface area contributed by atoms with Crippen LogP contribution < -0.4 is 10.6 Å². The second kappa shape index (κ2) is 5.04. The van der Waals surface area contributed by atoms with Gasteiger partial charge in [0.1, 0.15) is 6.54 Å². The molecule has 2 nitrogen and oxygen atoms in total. The van der Waals surface area contributed by atoms with Crippen LogP contribution in [0.3, 0.4) is 0 Å². The van der Waals surface area contributed by atoms with Crippen molar-refractivity contribution in [3.63, 3.8) is 0 Å². The molecule has 2 N–H and O–H groups in total. The third-order valence-corrected chi connectivity index (χ3v) is 2.51. The third-order valence-electron chi connectivity index (χ3n) is 2.27. The molecule has 0 aliphatic heterocycles. The van der Waals surface area contributed by atoms with Crippen LogP contribution in [-0.2, 0) is 0 Å². The summed E-state index contributed by atoms with van der Waals surface area (Å²) in [6.07, 6.45) is -4.27. The number of nitrogens with two attached hydrogens (primary N) is 1. The maximum absolute atomic E-state index is 12.5. The molecule has 96 valence electrons. The van der Waals surface area contributed by atoms with Gasteiger partial charge in [-0.1, -0.05) is 11.6 Å². The summed E-state index contributed by atoms with van der Waals surface area (Å²) >= 11 is 5.71. The van der Waals surface area contributed by atoms with Crippen molar-refractivity contribution < 1.29 is 13.2 Å². The second-order valence-electron chi connectivity index (χ2n) is 4.04. The average Bonchev–Trinajstić information content (AvgIpc) is 2.13. The molecule has 6 heteroatoms. The first-order valence-corrected chi connectivity index (χ1v) is 5.47. The normalized spacial score (nSPS) is 11.9. The molecule has 0 aliphatic carbocycles. The number of hydrogen-bond donors (Lipinski definition) is 1. The number of nitrogens with zero attached hydrogens (tertiary/aromatic N) is 1. The lowest BCUT2D eigenvalue weighted by Gasteiger charge is -2.30. The lowest BCUT2D eigenvalue weighted by Crippen LogP contribution is -2.39. The topological polar surface area (TPSA) is 29.3 Å². The molecule has 0 saturated carbocycles. The summed E-state index contributed by atoms with van der Waals surface area (Å²) in [6, 6.07) is 4.17. The molecule has 0 saturated heterocycles. The zero-order valence-electron chi connectivity index (χ0n) is 9.55. The van der Waals surface area contributed by atoms with E-state index in [4.69, 9.17) is 17.3 Å². The van der Waals surface area contributed by atoms with Crippen LogP contribution in [0, 0.1) is 0 Å². The van der Waals surface area contributed by atoms with Gasteiger partial charge in [-0.05, 0) is 32.0 Å². The molecular weight excluding hydrogens is 253 g/mol. The van der Waals surface area contributed by atoms with Crippen molar-refractivity contribution in [1.29, 1.82) is 0 Å². The Balaban J connectivity index is 3.06. The van der Waals surface area contributed by atoms with E-state index in [-0.39, 0.29) is 11.7 Å². The summed E-state index contributed by atoms with van der Waals surface area (Å²) in [5.41, 5.74) is 6.28. The van der Waals surface area contributed by atoms with Crippen molar-refractivity contribution in [3.05, 3.63) is 23.2 Å². The number of benzene rings is 1. The molecule has 0 unspecified atom stereocenters. The summed E-state index contributed by atoms with van der Waals surface area (Å²) in [6.45, 7) is 2.33. The van der Waals surface area contributed by atoms with Crippen LogP contribution in [0.4, 0.5) is 24.5 Å². The Kier molecular flexibility index (Phi) is 4.14. The minimum Gasteiger partial charge on any atom is -0.397 e. The number of hydrogen-bond acceptors (Lipinski definition) is 2. The SMILES string of the molecule is CC(C)N(CC(F)(F)F)c1ccc(Cl)cc1N. The van der Waals surface area contributed by atoms with Gasteiger partial charge in [-0.2, -0.15) is 13.2 Å². The van der Waals surface area contributed by atoms with Gasteiger partial charge in [-0.25, -0.2) is 0 Å². The second-order valence-corrected chi connectivity index (χ2v) is 4.48. The van der Waals surface area contributed by atoms with Crippen molar-refractivity contribution in [1.82, 2.24) is 0 Å². The first kappa shape index (κ1) is 14.0. The molecule has 0 amide bonds. The average molecular weight is 267 g/mol. The van der Waals surface area contributed by atoms with Crippen LogP contribution in [-0.4, -0.2) is 18.8 Å². The fraction of sp³-hybridized carbons (Fsp3) is 0.455. The zero-order chi connectivity index (χ0) is 13.2. The highest BCUT2D eigenvalue weighted by atomic mass is 35.5. The molecule has 1 aromatic rings. The number of rotatable bonds is 3. The number of halogens is 4. The first-order chi connectivity index (χ1) is 7.70. The van der Waals surface area contributed by atoms with Gasteiger partial charge < -0.3 is 10.6 Å². The molecule has 0 atom stereocenters. The van der Waals surface area contributed by atoms with Crippen LogP contribution in [0.2, 0.25) is 5.02 Å². The maximum Gasteiger partial charge on any atom is 0.405 e. The van der Waals surface area contributed by atoms with Crippen LogP contribution in [0.1, 0.15) is 13.8 Å². The van der Waals surface area contributed by atoms with E-state index in [9.17, 15) is 13.2 Å². The molecule has 0 fully saturated rings. The molecule has 1 rings (SSSR count). The summed E-state index contributed by atoms with van der Waals surface area (Å²) in [4.78, 5) is 1.20. The lowest BCUT2D eigenvalue weighted by molar-refractivity contribution is -0.120. The Bertz CT molecular complexity index is 391. The predicted octanol–water partition coefficient (Wildman–Crippen LogP) is 3.70. The van der Waals surface area contributed by atoms with Crippen LogP contribution in [0.5, 0.6) is 0 Å². The van der Waals surface area contributed by atoms with E-state index < -0.39 is 12.7 Å². The van der Waals surface area contributed by atoms with Gasteiger partial charge in [0.25, 0.3) is 0 Å². The number of anilines is 2. The van der Waals surface area contributed by atoms with Gasteiger partial charge in [-0.15, -0.1) is 0 Å². The Morgan fingerprint density at radius 3 is 2.35 bits per heavy atom. The molecule has 0 radical (unpaired) electrons. The van der Waals surface area contributed by atoms with Crippen molar-refractivity contribution in [2.45, 2.75) is 26.1 Å². The van der Waals surface area contributed by atoms with Gasteiger partial charge >= 0.3 is 6.18 Å². The van der Waals surface area contributed by atoms with Crippen LogP contribution in [0.25, 0.3) is 0 Å². The fourth-order valence-electron chi connectivity index (χ4n) is 1.53. The van der Waals surface area contributed by atoms with Gasteiger partial charge in [0.15, 0.2) is 0 Å². The first-order valence-electron chi connectivity index (χ1n) is 5.09. The molecular formula is C11H14ClF3N2. The third kappa shape index (κ3) is 4.00. The number of alkyl halides is 3. The Labute approximate surface area is 103 Å². The molecule has 17 heavy (non-hydrogen) atoms. The molecule has 0 spiro atoms. The Morgan fingerprint density at radius 1 is 1.35 bits per heavy atom. The summed E-state index contributed by atoms with van der Waals surface area (Å²) in [5.74, 6) is 0. The monoisotopic (exact) mass is 266 g/mol. The summed E-state index contributed by atoms with van der Waals surface area (Å²) in [5, 5.41) is 0.405. The Morgan fingerprint density at radius 2 is 1.94 bits per heavy atom. The minimum atomic E-state index is -4.27. The van der Waals surface area contributed by atoms with E-state index in [0.717, 1.165) is 0 Å². The van der Waals surface area contributed by atoms with E-state index in [2.05, 4.69) is 0 Å². The van der Waals surface area contributed by atoms with Crippen LogP contribution >= 0.6 is 11.6 Å². The van der Waals surface area contributed by atoms with Crippen LogP contribution in [0.15, 0.2) is 18.2 Å². The van der Waals surface area contributed by atoms with Gasteiger partial charge in [0.05, 0.1) is 11.4 Å². The van der Waals surface area contributed by atoms with E-state index in [0.29, 0.717) is 10.7 Å². The molecule has 0 aliphatic rings. The molecule has 0 bridgehead atoms. The Hall–Kier alpha value is -1.10. The van der Waals surface area contributed by atoms with Gasteiger partial charge in [-0.3, -0.25) is 0 Å². The van der Waals surface area contributed by atoms with Crippen molar-refractivity contribution in [3.8, 4) is 0 Å². The molecule has 0 heterocycles. The van der Waals surface area contributed by atoms with E-state index in [1.165, 1.54) is 23.1 Å². The zero-order valence-corrected chi connectivity index (χ0v) is 10.3. The van der Waals surface area contributed by atoms with Crippen molar-refractivity contribution in [2.75, 3.05) is 17.2 Å². The number of nitrogen functional groups attached to an aromatic ring is 1. The maximum atomic E-state index is 12.5. The largest absolute Gasteiger partial charge is 0.405 e. The van der Waals surface area contributed by atoms with E-state index in [1.54, 1.807) is 13.8 Å². The summed E-state index contributed by atoms with van der Waals surface area (Å²) in [7, 11) is 0. The van der Waals surface area contributed by atoms with Crippen molar-refractivity contribution in [2.24, 2.45) is 0 Å². The smallest absolute Gasteiger partial charge is 0.397 e. The van der Waals surface area contributed by atoms with E-state index >= 15 is 0 Å². The highest BCUT2D eigenvalue weighted by Crippen LogP contribution is 2.30. The van der Waals surface area contributed by atoms with Gasteiger partial charge in [0, 0.05) is 11.1 Å². The molecule has 1 aromatic carbocycles. The summed E-state index contributed by atoms with van der Waals surface area (Å²) < 4.78 is 37.4. The fourth-order valence-corrected chi connectivity index (χ4v) is 1.71. The van der Waals surface area contributed by atoms with E-state index in [1.807, 2.05) is 0 Å². The molecule has 0 aromatic heterocycles. The van der Waals surface area contributed by atoms with Gasteiger partial charge in [0.2, 0.25) is 0 Å². The van der Waals surface area contributed by atoms with Crippen molar-refractivity contribution >= 4 is 23.0 Å². The quantitative estimate of drug-likeness (QED) is 0.846. The standard InChI is InChI=1S/C11H14ClF3N2/c1-7(2)17(6-11(13,14)15)10-4-3-8(12)5-9(10)16/h3-5,7H,6,16H2,1-2H3. The highest BCUT2D eigenvalue weighted by molar-refractivity contribution is 6.31. The minimum absolute atomic E-state index is 0.246. The lowest BCUT2D eigenvalue weighted by atomic mass is 10.2. The predicted molar refractivity (Wildman–Crippen MR) is 64.4 cm³/mol.